The maximum atomic E-state index is 11.0. The van der Waals surface area contributed by atoms with Gasteiger partial charge in [-0.2, -0.15) is 0 Å². The highest BCUT2D eigenvalue weighted by molar-refractivity contribution is 5.87. The van der Waals surface area contributed by atoms with E-state index in [2.05, 4.69) is 5.32 Å². The summed E-state index contributed by atoms with van der Waals surface area (Å²) in [7, 11) is 0. The number of hydrogen-bond acceptors (Lipinski definition) is 3. The fraction of sp³-hybridized carbons (Fsp3) is 0.444. The van der Waals surface area contributed by atoms with Gasteiger partial charge in [0.25, 0.3) is 0 Å². The maximum absolute atomic E-state index is 11.0. The Morgan fingerprint density at radius 2 is 2.00 bits per heavy atom. The maximum Gasteiger partial charge on any atom is 0.244 e. The van der Waals surface area contributed by atoms with Crippen LogP contribution in [-0.4, -0.2) is 35.4 Å². The minimum Gasteiger partial charge on any atom is -0.394 e. The second kappa shape index (κ2) is 7.52. The lowest BCUT2D eigenvalue weighted by Crippen LogP contribution is -2.39. The highest BCUT2D eigenvalue weighted by Gasteiger charge is 2.06. The zero-order valence-electron chi connectivity index (χ0n) is 7.60. The Morgan fingerprint density at radius 3 is 2.46 bits per heavy atom. The third-order valence-corrected chi connectivity index (χ3v) is 1.34. The van der Waals surface area contributed by atoms with Gasteiger partial charge in [-0.3, -0.25) is 4.79 Å². The van der Waals surface area contributed by atoms with Crippen molar-refractivity contribution in [1.29, 1.82) is 0 Å². The zero-order chi connectivity index (χ0) is 10.1. The predicted molar refractivity (Wildman–Crippen MR) is 50.1 cm³/mol. The van der Waals surface area contributed by atoms with Crippen LogP contribution in [0.5, 0.6) is 0 Å². The lowest BCUT2D eigenvalue weighted by atomic mass is 10.3. The number of allylic oxidation sites excluding steroid dienone is 3. The number of rotatable bonds is 5. The fourth-order valence-electron chi connectivity index (χ4n) is 0.652. The summed E-state index contributed by atoms with van der Waals surface area (Å²) in [6.07, 6.45) is 6.42. The molecule has 0 aliphatic rings. The molecule has 0 unspecified atom stereocenters. The van der Waals surface area contributed by atoms with E-state index < -0.39 is 6.04 Å². The first kappa shape index (κ1) is 11.9. The Bertz CT molecular complexity index is 195. The Labute approximate surface area is 77.6 Å². The van der Waals surface area contributed by atoms with Gasteiger partial charge in [-0.25, -0.2) is 0 Å². The van der Waals surface area contributed by atoms with Crippen LogP contribution in [-0.2, 0) is 4.79 Å². The number of aliphatic hydroxyl groups is 2. The average Bonchev–Trinajstić information content (AvgIpc) is 2.14. The van der Waals surface area contributed by atoms with Crippen LogP contribution in [0, 0.1) is 0 Å². The summed E-state index contributed by atoms with van der Waals surface area (Å²) in [5.41, 5.74) is 0. The van der Waals surface area contributed by atoms with Crippen molar-refractivity contribution in [2.24, 2.45) is 0 Å². The molecule has 0 aromatic rings. The van der Waals surface area contributed by atoms with Gasteiger partial charge in [0.05, 0.1) is 19.3 Å². The first-order valence-corrected chi connectivity index (χ1v) is 4.06. The van der Waals surface area contributed by atoms with E-state index in [4.69, 9.17) is 10.2 Å². The largest absolute Gasteiger partial charge is 0.394 e. The van der Waals surface area contributed by atoms with E-state index in [1.807, 2.05) is 6.92 Å². The Kier molecular flexibility index (Phi) is 6.86. The third kappa shape index (κ3) is 6.07. The third-order valence-electron chi connectivity index (χ3n) is 1.34. The van der Waals surface area contributed by atoms with Crippen molar-refractivity contribution >= 4 is 5.91 Å². The SMILES string of the molecule is CC=CC=CC(=O)NC(CO)CO. The molecule has 0 atom stereocenters. The van der Waals surface area contributed by atoms with Gasteiger partial charge < -0.3 is 15.5 Å². The molecule has 3 N–H and O–H groups in total. The molecule has 0 aromatic heterocycles. The predicted octanol–water partition coefficient (Wildman–Crippen LogP) is -0.412. The van der Waals surface area contributed by atoms with Crippen LogP contribution in [0.4, 0.5) is 0 Å². The summed E-state index contributed by atoms with van der Waals surface area (Å²) in [5, 5.41) is 19.7. The van der Waals surface area contributed by atoms with E-state index in [0.717, 1.165) is 0 Å². The summed E-state index contributed by atoms with van der Waals surface area (Å²) >= 11 is 0. The van der Waals surface area contributed by atoms with Gasteiger partial charge in [-0.05, 0) is 6.92 Å². The first-order valence-electron chi connectivity index (χ1n) is 4.06. The van der Waals surface area contributed by atoms with Gasteiger partial charge in [-0.15, -0.1) is 0 Å². The number of carbonyl (C=O) groups excluding carboxylic acids is 1. The van der Waals surface area contributed by atoms with Crippen LogP contribution < -0.4 is 5.32 Å². The molecule has 0 spiro atoms. The zero-order valence-corrected chi connectivity index (χ0v) is 7.60. The molecule has 0 heterocycles. The molecule has 0 aliphatic carbocycles. The Hall–Kier alpha value is -1.13. The summed E-state index contributed by atoms with van der Waals surface area (Å²) in [6, 6.07) is -0.581. The quantitative estimate of drug-likeness (QED) is 0.403. The van der Waals surface area contributed by atoms with E-state index >= 15 is 0 Å². The molecule has 0 radical (unpaired) electrons. The molecule has 4 nitrogen and oxygen atoms in total. The van der Waals surface area contributed by atoms with Gasteiger partial charge >= 0.3 is 0 Å². The molecule has 74 valence electrons. The van der Waals surface area contributed by atoms with Crippen LogP contribution >= 0.6 is 0 Å². The van der Waals surface area contributed by atoms with Crippen LogP contribution in [0.3, 0.4) is 0 Å². The van der Waals surface area contributed by atoms with E-state index in [-0.39, 0.29) is 19.1 Å². The van der Waals surface area contributed by atoms with Crippen LogP contribution in [0.2, 0.25) is 0 Å². The molecule has 0 aromatic carbocycles. The van der Waals surface area contributed by atoms with Crippen molar-refractivity contribution in [2.75, 3.05) is 13.2 Å². The van der Waals surface area contributed by atoms with Crippen LogP contribution in [0.15, 0.2) is 24.3 Å². The number of amides is 1. The standard InChI is InChI=1S/C9H15NO3/c1-2-3-4-5-9(13)10-8(6-11)7-12/h2-5,8,11-12H,6-7H2,1H3,(H,10,13). The molecule has 0 aliphatic heterocycles. The molecular weight excluding hydrogens is 170 g/mol. The highest BCUT2D eigenvalue weighted by atomic mass is 16.3. The highest BCUT2D eigenvalue weighted by Crippen LogP contribution is 1.82. The van der Waals surface area contributed by atoms with E-state index in [0.29, 0.717) is 0 Å². The second-order valence-electron chi connectivity index (χ2n) is 2.46. The summed E-state index contributed by atoms with van der Waals surface area (Å²) in [5.74, 6) is -0.328. The fourth-order valence-corrected chi connectivity index (χ4v) is 0.652. The van der Waals surface area contributed by atoms with Gasteiger partial charge in [0.1, 0.15) is 0 Å². The smallest absolute Gasteiger partial charge is 0.244 e. The minimum atomic E-state index is -0.581. The average molecular weight is 185 g/mol. The Balaban J connectivity index is 3.85. The van der Waals surface area contributed by atoms with E-state index in [1.165, 1.54) is 6.08 Å². The molecule has 0 fully saturated rings. The molecule has 0 bridgehead atoms. The molecular formula is C9H15NO3. The van der Waals surface area contributed by atoms with Crippen LogP contribution in [0.25, 0.3) is 0 Å². The van der Waals surface area contributed by atoms with Gasteiger partial charge in [0, 0.05) is 6.08 Å². The van der Waals surface area contributed by atoms with Crippen LogP contribution in [0.1, 0.15) is 6.92 Å². The van der Waals surface area contributed by atoms with Gasteiger partial charge in [-0.1, -0.05) is 18.2 Å². The number of carbonyl (C=O) groups is 1. The normalized spacial score (nSPS) is 11.7. The molecule has 4 heteroatoms. The van der Waals surface area contributed by atoms with Crippen molar-refractivity contribution in [1.82, 2.24) is 5.32 Å². The molecule has 1 amide bonds. The first-order chi connectivity index (χ1) is 6.24. The Morgan fingerprint density at radius 1 is 1.38 bits per heavy atom. The topological polar surface area (TPSA) is 69.6 Å². The lowest BCUT2D eigenvalue weighted by molar-refractivity contribution is -0.117. The molecule has 13 heavy (non-hydrogen) atoms. The van der Waals surface area contributed by atoms with E-state index in [1.54, 1.807) is 18.2 Å². The summed E-state index contributed by atoms with van der Waals surface area (Å²) < 4.78 is 0. The molecule has 0 saturated heterocycles. The van der Waals surface area contributed by atoms with Gasteiger partial charge in [0.15, 0.2) is 0 Å². The monoisotopic (exact) mass is 185 g/mol. The van der Waals surface area contributed by atoms with Gasteiger partial charge in [0.2, 0.25) is 5.91 Å². The number of aliphatic hydroxyl groups excluding tert-OH is 2. The van der Waals surface area contributed by atoms with Crippen molar-refractivity contribution in [3.63, 3.8) is 0 Å². The number of nitrogens with one attached hydrogen (secondary N) is 1. The lowest BCUT2D eigenvalue weighted by Gasteiger charge is -2.10. The van der Waals surface area contributed by atoms with Crippen molar-refractivity contribution in [3.05, 3.63) is 24.3 Å². The van der Waals surface area contributed by atoms with E-state index in [9.17, 15) is 4.79 Å². The second-order valence-corrected chi connectivity index (χ2v) is 2.46. The minimum absolute atomic E-state index is 0.264. The van der Waals surface area contributed by atoms with Crippen molar-refractivity contribution < 1.29 is 15.0 Å². The van der Waals surface area contributed by atoms with Crippen molar-refractivity contribution in [3.8, 4) is 0 Å². The summed E-state index contributed by atoms with van der Waals surface area (Å²) in [6.45, 7) is 1.31. The molecule has 0 saturated carbocycles. The number of hydrogen-bond donors (Lipinski definition) is 3. The molecule has 0 rings (SSSR count). The summed E-state index contributed by atoms with van der Waals surface area (Å²) in [4.78, 5) is 11.0. The van der Waals surface area contributed by atoms with Crippen molar-refractivity contribution in [2.45, 2.75) is 13.0 Å².